The van der Waals surface area contributed by atoms with Gasteiger partial charge in [0.05, 0.1) is 17.1 Å². The van der Waals surface area contributed by atoms with Crippen LogP contribution in [0.3, 0.4) is 0 Å². The molecule has 36 heavy (non-hydrogen) atoms. The summed E-state index contributed by atoms with van der Waals surface area (Å²) in [6, 6.07) is 6.64. The van der Waals surface area contributed by atoms with E-state index in [1.807, 2.05) is 6.92 Å². The van der Waals surface area contributed by atoms with E-state index in [-0.39, 0.29) is 17.7 Å². The fraction of sp³-hybridized carbons (Fsp3) is 0.643. The Balaban J connectivity index is 1.57. The Morgan fingerprint density at radius 1 is 1.08 bits per heavy atom. The highest BCUT2D eigenvalue weighted by atomic mass is 16.3. The van der Waals surface area contributed by atoms with Gasteiger partial charge in [-0.2, -0.15) is 0 Å². The Labute approximate surface area is 213 Å². The van der Waals surface area contributed by atoms with Crippen LogP contribution in [0.5, 0.6) is 0 Å². The molecule has 2 heterocycles. The third-order valence-electron chi connectivity index (χ3n) is 8.43. The van der Waals surface area contributed by atoms with Gasteiger partial charge in [-0.25, -0.2) is 4.68 Å². The van der Waals surface area contributed by atoms with Gasteiger partial charge in [-0.3, -0.25) is 9.69 Å². The monoisotopic (exact) mass is 492 g/mol. The molecule has 0 saturated heterocycles. The lowest BCUT2D eigenvalue weighted by Crippen LogP contribution is -2.50. The van der Waals surface area contributed by atoms with E-state index in [1.165, 1.54) is 31.2 Å². The zero-order chi connectivity index (χ0) is 25.1. The van der Waals surface area contributed by atoms with Crippen molar-refractivity contribution in [2.45, 2.75) is 103 Å². The summed E-state index contributed by atoms with van der Waals surface area (Å²) < 4.78 is 2.12. The van der Waals surface area contributed by atoms with Crippen molar-refractivity contribution in [2.75, 3.05) is 13.2 Å². The van der Waals surface area contributed by atoms with Gasteiger partial charge in [0, 0.05) is 25.3 Å². The standard InChI is InChI=1S/C28H40N6O2/c1-20-16-21(2)25-22(17-20)18-23(26(36)29-25)19-33(14-9-15-35)28(12-7-4-8-13-28)27-30-31-32-34(27)24-10-5-3-6-11-24/h16-18,24,35H,3-15,19H2,1-2H3,(H,29,36). The first-order chi connectivity index (χ1) is 17.5. The van der Waals surface area contributed by atoms with Crippen molar-refractivity contribution >= 4 is 10.9 Å². The van der Waals surface area contributed by atoms with Crippen LogP contribution in [0.4, 0.5) is 0 Å². The molecule has 5 rings (SSSR count). The van der Waals surface area contributed by atoms with E-state index in [0.29, 0.717) is 25.6 Å². The van der Waals surface area contributed by atoms with Gasteiger partial charge in [0.25, 0.3) is 5.56 Å². The predicted molar refractivity (Wildman–Crippen MR) is 141 cm³/mol. The number of H-pyrrole nitrogens is 1. The normalized spacial score (nSPS) is 18.8. The molecule has 194 valence electrons. The fourth-order valence-corrected chi connectivity index (χ4v) is 6.65. The second-order valence-corrected chi connectivity index (χ2v) is 11.0. The van der Waals surface area contributed by atoms with Crippen molar-refractivity contribution in [3.63, 3.8) is 0 Å². The number of aliphatic hydroxyl groups excluding tert-OH is 1. The van der Waals surface area contributed by atoms with E-state index in [0.717, 1.165) is 66.4 Å². The first-order valence-corrected chi connectivity index (χ1v) is 13.8. The molecule has 0 radical (unpaired) electrons. The summed E-state index contributed by atoms with van der Waals surface area (Å²) in [5.41, 5.74) is 3.56. The minimum absolute atomic E-state index is 0.0405. The minimum atomic E-state index is -0.335. The van der Waals surface area contributed by atoms with Gasteiger partial charge >= 0.3 is 0 Å². The fourth-order valence-electron chi connectivity index (χ4n) is 6.65. The van der Waals surface area contributed by atoms with E-state index in [4.69, 9.17) is 0 Å². The first-order valence-electron chi connectivity index (χ1n) is 13.8. The average Bonchev–Trinajstić information content (AvgIpc) is 3.39. The Kier molecular flexibility index (Phi) is 7.53. The van der Waals surface area contributed by atoms with Crippen molar-refractivity contribution in [1.29, 1.82) is 0 Å². The number of hydrogen-bond acceptors (Lipinski definition) is 6. The van der Waals surface area contributed by atoms with Crippen molar-refractivity contribution in [3.05, 3.63) is 51.1 Å². The molecule has 0 atom stereocenters. The predicted octanol–water partition coefficient (Wildman–Crippen LogP) is 4.68. The van der Waals surface area contributed by atoms with Gasteiger partial charge in [0.15, 0.2) is 5.82 Å². The van der Waals surface area contributed by atoms with Gasteiger partial charge in [-0.15, -0.1) is 5.10 Å². The molecule has 2 aliphatic rings. The largest absolute Gasteiger partial charge is 0.396 e. The smallest absolute Gasteiger partial charge is 0.252 e. The van der Waals surface area contributed by atoms with Crippen molar-refractivity contribution in [3.8, 4) is 0 Å². The maximum absolute atomic E-state index is 13.3. The molecule has 0 amide bonds. The van der Waals surface area contributed by atoms with Crippen LogP contribution in [0.25, 0.3) is 10.9 Å². The number of aromatic nitrogens is 5. The maximum Gasteiger partial charge on any atom is 0.252 e. The summed E-state index contributed by atoms with van der Waals surface area (Å²) in [6.07, 6.45) is 12.0. The molecular weight excluding hydrogens is 452 g/mol. The highest BCUT2D eigenvalue weighted by molar-refractivity contribution is 5.82. The molecule has 2 aliphatic carbocycles. The van der Waals surface area contributed by atoms with Crippen LogP contribution in [0.15, 0.2) is 23.0 Å². The van der Waals surface area contributed by atoms with Crippen LogP contribution in [0, 0.1) is 13.8 Å². The van der Waals surface area contributed by atoms with Crippen LogP contribution in [0.1, 0.15) is 99.2 Å². The van der Waals surface area contributed by atoms with Gasteiger partial charge in [0.1, 0.15) is 0 Å². The average molecular weight is 493 g/mol. The molecule has 2 N–H and O–H groups in total. The van der Waals surface area contributed by atoms with Gasteiger partial charge in [-0.05, 0) is 79.5 Å². The van der Waals surface area contributed by atoms with Crippen LogP contribution in [-0.2, 0) is 12.1 Å². The zero-order valence-corrected chi connectivity index (χ0v) is 21.8. The van der Waals surface area contributed by atoms with E-state index in [9.17, 15) is 9.90 Å². The molecule has 0 unspecified atom stereocenters. The highest BCUT2D eigenvalue weighted by Crippen LogP contribution is 2.43. The third kappa shape index (κ3) is 4.85. The second-order valence-electron chi connectivity index (χ2n) is 11.0. The summed E-state index contributed by atoms with van der Waals surface area (Å²) in [6.45, 7) is 5.45. The Morgan fingerprint density at radius 3 is 2.58 bits per heavy atom. The number of aryl methyl sites for hydroxylation is 2. The number of aliphatic hydroxyl groups is 1. The number of aromatic amines is 1. The number of rotatable bonds is 8. The molecule has 2 fully saturated rings. The summed E-state index contributed by atoms with van der Waals surface area (Å²) in [7, 11) is 0. The summed E-state index contributed by atoms with van der Waals surface area (Å²) in [5.74, 6) is 0.955. The van der Waals surface area contributed by atoms with E-state index in [2.05, 4.69) is 55.2 Å². The maximum atomic E-state index is 13.3. The summed E-state index contributed by atoms with van der Waals surface area (Å²) in [5, 5.41) is 24.2. The Bertz CT molecular complexity index is 1240. The highest BCUT2D eigenvalue weighted by Gasteiger charge is 2.45. The lowest BCUT2D eigenvalue weighted by molar-refractivity contribution is 0.0201. The van der Waals surface area contributed by atoms with E-state index in [1.54, 1.807) is 0 Å². The van der Waals surface area contributed by atoms with E-state index >= 15 is 0 Å². The number of fused-ring (bicyclic) bond motifs is 1. The van der Waals surface area contributed by atoms with Crippen LogP contribution in [-0.4, -0.2) is 48.3 Å². The summed E-state index contributed by atoms with van der Waals surface area (Å²) >= 11 is 0. The molecule has 0 bridgehead atoms. The Morgan fingerprint density at radius 2 is 1.83 bits per heavy atom. The topological polar surface area (TPSA) is 99.9 Å². The molecule has 2 saturated carbocycles. The zero-order valence-electron chi connectivity index (χ0n) is 21.8. The molecule has 0 aliphatic heterocycles. The molecule has 8 nitrogen and oxygen atoms in total. The molecule has 3 aromatic rings. The SMILES string of the molecule is Cc1cc(C)c2[nH]c(=O)c(CN(CCCO)C3(c4nnnn4C4CCCCC4)CCCCC3)cc2c1. The number of nitrogens with one attached hydrogen (secondary N) is 1. The molecule has 2 aromatic heterocycles. The number of tetrazole rings is 1. The molecule has 0 spiro atoms. The third-order valence-corrected chi connectivity index (χ3v) is 8.43. The van der Waals surface area contributed by atoms with E-state index < -0.39 is 0 Å². The Hall–Kier alpha value is -2.58. The van der Waals surface area contributed by atoms with Crippen LogP contribution in [0.2, 0.25) is 0 Å². The summed E-state index contributed by atoms with van der Waals surface area (Å²) in [4.78, 5) is 18.9. The lowest BCUT2D eigenvalue weighted by atomic mass is 9.78. The molecule has 1 aromatic carbocycles. The van der Waals surface area contributed by atoms with Gasteiger partial charge in [0.2, 0.25) is 0 Å². The van der Waals surface area contributed by atoms with Crippen LogP contribution < -0.4 is 5.56 Å². The lowest BCUT2D eigenvalue weighted by Gasteiger charge is -2.46. The number of pyridine rings is 1. The number of benzene rings is 1. The quantitative estimate of drug-likeness (QED) is 0.474. The van der Waals surface area contributed by atoms with Crippen LogP contribution >= 0.6 is 0 Å². The first kappa shape index (κ1) is 25.1. The minimum Gasteiger partial charge on any atom is -0.396 e. The molecular formula is C28H40N6O2. The van der Waals surface area contributed by atoms with Gasteiger partial charge in [-0.1, -0.05) is 50.2 Å². The second kappa shape index (κ2) is 10.8. The van der Waals surface area contributed by atoms with Crippen molar-refractivity contribution < 1.29 is 5.11 Å². The van der Waals surface area contributed by atoms with Gasteiger partial charge < -0.3 is 10.1 Å². The van der Waals surface area contributed by atoms with Crippen molar-refractivity contribution in [2.24, 2.45) is 0 Å². The van der Waals surface area contributed by atoms with Crippen molar-refractivity contribution in [1.82, 2.24) is 30.1 Å². The number of nitrogens with zero attached hydrogens (tertiary/aromatic N) is 5. The number of hydrogen-bond donors (Lipinski definition) is 2. The molecule has 8 heteroatoms.